The molecule has 5 nitrogen and oxygen atoms in total. The van der Waals surface area contributed by atoms with Crippen molar-refractivity contribution in [3.05, 3.63) is 24.3 Å². The Kier molecular flexibility index (Phi) is 4.69. The van der Waals surface area contributed by atoms with E-state index in [9.17, 15) is 21.6 Å². The van der Waals surface area contributed by atoms with Crippen molar-refractivity contribution in [1.82, 2.24) is 4.72 Å². The molecular weight excluding hydrogens is 321 g/mol. The van der Waals surface area contributed by atoms with Crippen LogP contribution in [-0.4, -0.2) is 26.9 Å². The SMILES string of the molecule is NCC1(NS(=O)(=O)c2cccc(OC(F)(F)F)c2)CCCC1. The van der Waals surface area contributed by atoms with Crippen molar-refractivity contribution in [2.75, 3.05) is 6.54 Å². The largest absolute Gasteiger partial charge is 0.573 e. The standard InChI is InChI=1S/C13H17F3N2O3S/c14-13(15,16)21-10-4-3-5-11(8-10)22(19,20)18-12(9-17)6-1-2-7-12/h3-5,8,18H,1-2,6-7,9,17H2. The van der Waals surface area contributed by atoms with Gasteiger partial charge in [0.15, 0.2) is 0 Å². The first kappa shape index (κ1) is 17.0. The van der Waals surface area contributed by atoms with E-state index in [1.54, 1.807) is 0 Å². The van der Waals surface area contributed by atoms with E-state index in [1.165, 1.54) is 12.1 Å². The average molecular weight is 338 g/mol. The van der Waals surface area contributed by atoms with Gasteiger partial charge in [0.25, 0.3) is 0 Å². The monoisotopic (exact) mass is 338 g/mol. The third-order valence-corrected chi connectivity index (χ3v) is 5.23. The molecule has 0 radical (unpaired) electrons. The highest BCUT2D eigenvalue weighted by Crippen LogP contribution is 2.31. The van der Waals surface area contributed by atoms with Crippen LogP contribution in [0.4, 0.5) is 13.2 Å². The Morgan fingerprint density at radius 2 is 1.91 bits per heavy atom. The topological polar surface area (TPSA) is 81.4 Å². The van der Waals surface area contributed by atoms with Crippen molar-refractivity contribution in [2.45, 2.75) is 42.5 Å². The molecule has 0 heterocycles. The van der Waals surface area contributed by atoms with Gasteiger partial charge in [-0.05, 0) is 25.0 Å². The minimum absolute atomic E-state index is 0.144. The summed E-state index contributed by atoms with van der Waals surface area (Å²) in [5.41, 5.74) is 4.94. The van der Waals surface area contributed by atoms with E-state index in [-0.39, 0.29) is 11.4 Å². The second-order valence-corrected chi connectivity index (χ2v) is 7.00. The summed E-state index contributed by atoms with van der Waals surface area (Å²) in [6.45, 7) is 0.144. The Hall–Kier alpha value is -1.32. The van der Waals surface area contributed by atoms with E-state index in [4.69, 9.17) is 5.73 Å². The number of benzene rings is 1. The van der Waals surface area contributed by atoms with Crippen LogP contribution in [0.3, 0.4) is 0 Å². The van der Waals surface area contributed by atoms with Crippen LogP contribution in [0.25, 0.3) is 0 Å². The number of nitrogens with one attached hydrogen (secondary N) is 1. The van der Waals surface area contributed by atoms with Gasteiger partial charge in [0.2, 0.25) is 10.0 Å². The van der Waals surface area contributed by atoms with Crippen molar-refractivity contribution in [3.63, 3.8) is 0 Å². The summed E-state index contributed by atoms with van der Waals surface area (Å²) in [4.78, 5) is -0.283. The van der Waals surface area contributed by atoms with Crippen LogP contribution in [-0.2, 0) is 10.0 Å². The summed E-state index contributed by atoms with van der Waals surface area (Å²) >= 11 is 0. The van der Waals surface area contributed by atoms with Crippen LogP contribution in [0.2, 0.25) is 0 Å². The Bertz CT molecular complexity index is 626. The summed E-state index contributed by atoms with van der Waals surface area (Å²) in [6.07, 6.45) is -1.93. The van der Waals surface area contributed by atoms with Gasteiger partial charge in [-0.2, -0.15) is 0 Å². The molecule has 3 N–H and O–H groups in total. The maximum Gasteiger partial charge on any atom is 0.573 e. The maximum atomic E-state index is 12.4. The van der Waals surface area contributed by atoms with Crippen LogP contribution in [0.1, 0.15) is 25.7 Å². The second-order valence-electron chi connectivity index (χ2n) is 5.32. The van der Waals surface area contributed by atoms with Crippen molar-refractivity contribution in [2.24, 2.45) is 5.73 Å². The fourth-order valence-corrected chi connectivity index (χ4v) is 4.09. The van der Waals surface area contributed by atoms with Gasteiger partial charge in [0, 0.05) is 18.2 Å². The Labute approximate surface area is 126 Å². The number of nitrogens with two attached hydrogens (primary N) is 1. The number of hydrogen-bond acceptors (Lipinski definition) is 4. The summed E-state index contributed by atoms with van der Waals surface area (Å²) in [6, 6.07) is 4.29. The first-order chi connectivity index (χ1) is 10.2. The van der Waals surface area contributed by atoms with Crippen molar-refractivity contribution >= 4 is 10.0 Å². The zero-order valence-electron chi connectivity index (χ0n) is 11.7. The molecule has 0 aromatic heterocycles. The van der Waals surface area contributed by atoms with Gasteiger partial charge in [0.1, 0.15) is 5.75 Å². The van der Waals surface area contributed by atoms with Gasteiger partial charge >= 0.3 is 6.36 Å². The Morgan fingerprint density at radius 3 is 2.45 bits per heavy atom. The molecule has 1 aromatic rings. The molecule has 2 rings (SSSR count). The van der Waals surface area contributed by atoms with Crippen molar-refractivity contribution in [3.8, 4) is 5.75 Å². The summed E-state index contributed by atoms with van der Waals surface area (Å²) < 4.78 is 67.6. The lowest BCUT2D eigenvalue weighted by molar-refractivity contribution is -0.274. The first-order valence-corrected chi connectivity index (χ1v) is 8.24. The number of ether oxygens (including phenoxy) is 1. The fourth-order valence-electron chi connectivity index (χ4n) is 2.58. The molecule has 0 atom stereocenters. The van der Waals surface area contributed by atoms with Crippen LogP contribution < -0.4 is 15.2 Å². The molecule has 1 aliphatic rings. The number of rotatable bonds is 5. The van der Waals surface area contributed by atoms with Gasteiger partial charge in [-0.15, -0.1) is 13.2 Å². The number of halogens is 3. The van der Waals surface area contributed by atoms with Crippen LogP contribution in [0, 0.1) is 0 Å². The summed E-state index contributed by atoms with van der Waals surface area (Å²) in [5.74, 6) is -0.580. The van der Waals surface area contributed by atoms with Gasteiger partial charge in [0.05, 0.1) is 4.90 Å². The average Bonchev–Trinajstić information content (AvgIpc) is 2.85. The molecule has 9 heteroatoms. The zero-order chi connectivity index (χ0) is 16.4. The molecule has 1 aliphatic carbocycles. The van der Waals surface area contributed by atoms with E-state index in [0.717, 1.165) is 25.0 Å². The highest BCUT2D eigenvalue weighted by molar-refractivity contribution is 7.89. The fraction of sp³-hybridized carbons (Fsp3) is 0.538. The summed E-state index contributed by atoms with van der Waals surface area (Å²) in [5, 5.41) is 0. The third-order valence-electron chi connectivity index (χ3n) is 3.65. The molecular formula is C13H17F3N2O3S. The van der Waals surface area contributed by atoms with Crippen LogP contribution in [0.15, 0.2) is 29.2 Å². The molecule has 0 spiro atoms. The number of sulfonamides is 1. The van der Waals surface area contributed by atoms with Gasteiger partial charge in [-0.1, -0.05) is 18.9 Å². The van der Waals surface area contributed by atoms with Gasteiger partial charge < -0.3 is 10.5 Å². The van der Waals surface area contributed by atoms with Gasteiger partial charge in [-0.25, -0.2) is 13.1 Å². The second kappa shape index (κ2) is 6.05. The normalized spacial score (nSPS) is 18.4. The maximum absolute atomic E-state index is 12.4. The molecule has 0 bridgehead atoms. The zero-order valence-corrected chi connectivity index (χ0v) is 12.5. The van der Waals surface area contributed by atoms with E-state index in [2.05, 4.69) is 9.46 Å². The van der Waals surface area contributed by atoms with Crippen LogP contribution >= 0.6 is 0 Å². The highest BCUT2D eigenvalue weighted by Gasteiger charge is 2.37. The third kappa shape index (κ3) is 4.11. The highest BCUT2D eigenvalue weighted by atomic mass is 32.2. The Balaban J connectivity index is 2.24. The lowest BCUT2D eigenvalue weighted by Gasteiger charge is -2.28. The molecule has 0 unspecified atom stereocenters. The van der Waals surface area contributed by atoms with Crippen molar-refractivity contribution in [1.29, 1.82) is 0 Å². The molecule has 0 saturated heterocycles. The van der Waals surface area contributed by atoms with Crippen LogP contribution in [0.5, 0.6) is 5.75 Å². The molecule has 0 aliphatic heterocycles. The van der Waals surface area contributed by atoms with E-state index >= 15 is 0 Å². The molecule has 1 fully saturated rings. The number of alkyl halides is 3. The first-order valence-electron chi connectivity index (χ1n) is 6.76. The molecule has 1 saturated carbocycles. The predicted octanol–water partition coefficient (Wildman–Crippen LogP) is 2.14. The summed E-state index contributed by atoms with van der Waals surface area (Å²) in [7, 11) is -3.97. The minimum atomic E-state index is -4.88. The Morgan fingerprint density at radius 1 is 1.27 bits per heavy atom. The molecule has 1 aromatic carbocycles. The van der Waals surface area contributed by atoms with E-state index in [1.807, 2.05) is 0 Å². The predicted molar refractivity (Wildman–Crippen MR) is 73.7 cm³/mol. The molecule has 22 heavy (non-hydrogen) atoms. The molecule has 0 amide bonds. The smallest absolute Gasteiger partial charge is 0.406 e. The minimum Gasteiger partial charge on any atom is -0.406 e. The van der Waals surface area contributed by atoms with Crippen molar-refractivity contribution < 1.29 is 26.3 Å². The van der Waals surface area contributed by atoms with Gasteiger partial charge in [-0.3, -0.25) is 0 Å². The molecule has 124 valence electrons. The quantitative estimate of drug-likeness (QED) is 0.862. The van der Waals surface area contributed by atoms with E-state index < -0.39 is 27.7 Å². The lowest BCUT2D eigenvalue weighted by atomic mass is 10.0. The van der Waals surface area contributed by atoms with E-state index in [0.29, 0.717) is 12.8 Å². The lowest BCUT2D eigenvalue weighted by Crippen LogP contribution is -2.51. The number of hydrogen-bond donors (Lipinski definition) is 2.